The number of urea groups is 1. The number of hydrogen-bond acceptors (Lipinski definition) is 7. The molecule has 0 saturated heterocycles. The van der Waals surface area contributed by atoms with Crippen LogP contribution in [0.4, 0.5) is 10.5 Å². The minimum atomic E-state index is -0.711. The smallest absolute Gasteiger partial charge is 0.325 e. The molecule has 0 radical (unpaired) electrons. The van der Waals surface area contributed by atoms with E-state index >= 15 is 0 Å². The van der Waals surface area contributed by atoms with E-state index in [-0.39, 0.29) is 5.75 Å². The van der Waals surface area contributed by atoms with Crippen molar-refractivity contribution in [1.29, 1.82) is 5.26 Å². The lowest BCUT2D eigenvalue weighted by molar-refractivity contribution is -0.121. The molecule has 0 fully saturated rings. The molecule has 0 saturated carbocycles. The number of fused-ring (bicyclic) bond motifs is 1. The second kappa shape index (κ2) is 8.64. The van der Waals surface area contributed by atoms with Crippen LogP contribution in [0.25, 0.3) is 0 Å². The van der Waals surface area contributed by atoms with Crippen molar-refractivity contribution in [2.24, 2.45) is 0 Å². The van der Waals surface area contributed by atoms with Crippen molar-refractivity contribution in [3.63, 3.8) is 0 Å². The molecule has 3 amide bonds. The first kappa shape index (κ1) is 18.8. The van der Waals surface area contributed by atoms with Gasteiger partial charge in [-0.25, -0.2) is 4.79 Å². The van der Waals surface area contributed by atoms with Gasteiger partial charge in [-0.1, -0.05) is 0 Å². The van der Waals surface area contributed by atoms with Gasteiger partial charge in [0.15, 0.2) is 29.6 Å². The lowest BCUT2D eigenvalue weighted by Gasteiger charge is -2.19. The van der Waals surface area contributed by atoms with Crippen molar-refractivity contribution < 1.29 is 28.5 Å². The van der Waals surface area contributed by atoms with Gasteiger partial charge < -0.3 is 24.3 Å². The summed E-state index contributed by atoms with van der Waals surface area (Å²) in [4.78, 5) is 23.9. The Kier molecular flexibility index (Phi) is 5.81. The zero-order valence-corrected chi connectivity index (χ0v) is 15.0. The Hall–Kier alpha value is -3.93. The number of hydrogen-bond donors (Lipinski definition) is 2. The number of nitrogens with zero attached hydrogens (tertiary/aromatic N) is 1. The van der Waals surface area contributed by atoms with Gasteiger partial charge in [0, 0.05) is 17.8 Å². The Labute approximate surface area is 160 Å². The van der Waals surface area contributed by atoms with Gasteiger partial charge in [0.25, 0.3) is 5.91 Å². The highest BCUT2D eigenvalue weighted by Gasteiger charge is 2.14. The van der Waals surface area contributed by atoms with E-state index in [1.165, 1.54) is 25.3 Å². The number of nitrogens with one attached hydrogen (secondary N) is 2. The highest BCUT2D eigenvalue weighted by atomic mass is 16.6. The van der Waals surface area contributed by atoms with E-state index in [4.69, 9.17) is 24.2 Å². The summed E-state index contributed by atoms with van der Waals surface area (Å²) in [5, 5.41) is 13.6. The van der Waals surface area contributed by atoms with E-state index in [1.54, 1.807) is 18.2 Å². The van der Waals surface area contributed by atoms with Gasteiger partial charge in [-0.05, 0) is 24.3 Å². The van der Waals surface area contributed by atoms with Gasteiger partial charge in [-0.3, -0.25) is 10.1 Å². The minimum Gasteiger partial charge on any atom is -0.493 e. The topological polar surface area (TPSA) is 119 Å². The van der Waals surface area contributed by atoms with Crippen molar-refractivity contribution in [1.82, 2.24) is 5.32 Å². The first-order valence-electron chi connectivity index (χ1n) is 8.30. The molecule has 0 unspecified atom stereocenters. The fourth-order valence-electron chi connectivity index (χ4n) is 2.45. The molecule has 2 N–H and O–H groups in total. The summed E-state index contributed by atoms with van der Waals surface area (Å²) in [5.74, 6) is 1.06. The quantitative estimate of drug-likeness (QED) is 0.811. The Balaban J connectivity index is 1.52. The molecular weight excluding hydrogens is 366 g/mol. The van der Waals surface area contributed by atoms with Gasteiger partial charge in [0.05, 0.1) is 18.7 Å². The molecule has 1 heterocycles. The Morgan fingerprint density at radius 2 is 1.89 bits per heavy atom. The third-order valence-corrected chi connectivity index (χ3v) is 3.70. The van der Waals surface area contributed by atoms with Crippen molar-refractivity contribution in [2.45, 2.75) is 0 Å². The van der Waals surface area contributed by atoms with E-state index < -0.39 is 18.5 Å². The molecule has 0 atom stereocenters. The molecule has 1 aliphatic rings. The lowest BCUT2D eigenvalue weighted by Crippen LogP contribution is -2.37. The van der Waals surface area contributed by atoms with E-state index in [2.05, 4.69) is 10.6 Å². The van der Waals surface area contributed by atoms with Crippen molar-refractivity contribution in [2.75, 3.05) is 32.2 Å². The number of imide groups is 1. The predicted octanol–water partition coefficient (Wildman–Crippen LogP) is 2.07. The molecule has 28 heavy (non-hydrogen) atoms. The molecule has 0 aliphatic carbocycles. The monoisotopic (exact) mass is 383 g/mol. The summed E-state index contributed by atoms with van der Waals surface area (Å²) < 4.78 is 21.3. The fraction of sp³-hybridized carbons (Fsp3) is 0.211. The van der Waals surface area contributed by atoms with Crippen molar-refractivity contribution >= 4 is 17.6 Å². The van der Waals surface area contributed by atoms with Gasteiger partial charge in [0.2, 0.25) is 0 Å². The van der Waals surface area contributed by atoms with E-state index in [0.29, 0.717) is 41.7 Å². The summed E-state index contributed by atoms with van der Waals surface area (Å²) in [6.07, 6.45) is 0. The number of methoxy groups -OCH3 is 1. The minimum absolute atomic E-state index is 0.281. The Bertz CT molecular complexity index is 938. The third kappa shape index (κ3) is 4.62. The number of anilines is 1. The summed E-state index contributed by atoms with van der Waals surface area (Å²) in [5.41, 5.74) is 0.844. The van der Waals surface area contributed by atoms with E-state index in [9.17, 15) is 9.59 Å². The second-order valence-electron chi connectivity index (χ2n) is 5.63. The van der Waals surface area contributed by atoms with Crippen LogP contribution in [0.15, 0.2) is 36.4 Å². The van der Waals surface area contributed by atoms with Crippen molar-refractivity contribution in [3.8, 4) is 29.1 Å². The zero-order chi connectivity index (χ0) is 19.9. The van der Waals surface area contributed by atoms with Crippen LogP contribution in [0.2, 0.25) is 0 Å². The van der Waals surface area contributed by atoms with Gasteiger partial charge in [-0.15, -0.1) is 0 Å². The highest BCUT2D eigenvalue weighted by molar-refractivity contribution is 6.01. The number of amides is 3. The highest BCUT2D eigenvalue weighted by Crippen LogP contribution is 2.32. The van der Waals surface area contributed by atoms with Gasteiger partial charge in [-0.2, -0.15) is 5.26 Å². The zero-order valence-electron chi connectivity index (χ0n) is 15.0. The van der Waals surface area contributed by atoms with Gasteiger partial charge >= 0.3 is 6.03 Å². The second-order valence-corrected chi connectivity index (χ2v) is 5.63. The number of carbonyl (C=O) groups excluding carboxylic acids is 2. The number of carbonyl (C=O) groups is 2. The van der Waals surface area contributed by atoms with Crippen LogP contribution >= 0.6 is 0 Å². The Morgan fingerprint density at radius 1 is 1.11 bits per heavy atom. The summed E-state index contributed by atoms with van der Waals surface area (Å²) in [7, 11) is 1.42. The molecule has 2 aromatic rings. The number of nitriles is 1. The van der Waals surface area contributed by atoms with Crippen molar-refractivity contribution in [3.05, 3.63) is 42.0 Å². The van der Waals surface area contributed by atoms with Crippen LogP contribution in [0.5, 0.6) is 23.0 Å². The van der Waals surface area contributed by atoms with Crippen LogP contribution < -0.4 is 29.6 Å². The van der Waals surface area contributed by atoms with Gasteiger partial charge in [0.1, 0.15) is 13.2 Å². The molecule has 9 heteroatoms. The maximum Gasteiger partial charge on any atom is 0.325 e. The lowest BCUT2D eigenvalue weighted by atomic mass is 10.2. The SMILES string of the molecule is COc1cc(C#N)ccc1OCC(=O)NC(=O)Nc1ccc2c(c1)OCCO2. The average Bonchev–Trinajstić information content (AvgIpc) is 2.71. The number of benzene rings is 2. The van der Waals surface area contributed by atoms with Crippen LogP contribution in [0.1, 0.15) is 5.56 Å². The molecule has 3 rings (SSSR count). The number of rotatable bonds is 5. The number of ether oxygens (including phenoxy) is 4. The largest absolute Gasteiger partial charge is 0.493 e. The first-order chi connectivity index (χ1) is 13.6. The standard InChI is InChI=1S/C19H17N3O6/c1-25-16-8-12(10-20)2-4-14(16)28-11-18(23)22-19(24)21-13-3-5-15-17(9-13)27-7-6-26-15/h2-5,8-9H,6-7,11H2,1H3,(H2,21,22,23,24). The van der Waals surface area contributed by atoms with E-state index in [0.717, 1.165) is 0 Å². The Morgan fingerprint density at radius 3 is 2.64 bits per heavy atom. The average molecular weight is 383 g/mol. The molecule has 0 aromatic heterocycles. The van der Waals surface area contributed by atoms with Crippen LogP contribution in [0.3, 0.4) is 0 Å². The maximum absolute atomic E-state index is 12.0. The van der Waals surface area contributed by atoms with Crippen LogP contribution in [-0.2, 0) is 4.79 Å². The maximum atomic E-state index is 12.0. The third-order valence-electron chi connectivity index (χ3n) is 3.70. The normalized spacial score (nSPS) is 11.7. The predicted molar refractivity (Wildman–Crippen MR) is 97.8 cm³/mol. The molecule has 144 valence electrons. The summed E-state index contributed by atoms with van der Waals surface area (Å²) in [6, 6.07) is 10.7. The first-order valence-corrected chi connectivity index (χ1v) is 8.30. The summed E-state index contributed by atoms with van der Waals surface area (Å²) >= 11 is 0. The molecule has 9 nitrogen and oxygen atoms in total. The van der Waals surface area contributed by atoms with E-state index in [1.807, 2.05) is 6.07 Å². The summed E-state index contributed by atoms with van der Waals surface area (Å²) in [6.45, 7) is 0.493. The fourth-order valence-corrected chi connectivity index (χ4v) is 2.45. The van der Waals surface area contributed by atoms with Crippen LogP contribution in [-0.4, -0.2) is 38.9 Å². The molecular formula is C19H17N3O6. The molecule has 2 aromatic carbocycles. The molecule has 0 bridgehead atoms. The van der Waals surface area contributed by atoms with Crippen LogP contribution in [0, 0.1) is 11.3 Å². The molecule has 0 spiro atoms. The molecule has 1 aliphatic heterocycles.